The minimum Gasteiger partial charge on any atom is -0.465 e. The quantitative estimate of drug-likeness (QED) is 0.321. The van der Waals surface area contributed by atoms with E-state index in [4.69, 9.17) is 21.4 Å². The molecule has 0 saturated carbocycles. The van der Waals surface area contributed by atoms with Crippen molar-refractivity contribution >= 4 is 23.3 Å². The summed E-state index contributed by atoms with van der Waals surface area (Å²) in [5.74, 6) is 1.08. The van der Waals surface area contributed by atoms with E-state index in [2.05, 4.69) is 20.2 Å². The van der Waals surface area contributed by atoms with E-state index < -0.39 is 0 Å². The molecule has 170 valence electrons. The number of aromatic nitrogens is 2. The molecular weight excluding hydrogens is 448 g/mol. The van der Waals surface area contributed by atoms with Crippen LogP contribution in [0.1, 0.15) is 39.6 Å². The summed E-state index contributed by atoms with van der Waals surface area (Å²) >= 11 is 5.72. The summed E-state index contributed by atoms with van der Waals surface area (Å²) < 4.78 is 11.1. The van der Waals surface area contributed by atoms with Crippen molar-refractivity contribution in [1.29, 1.82) is 0 Å². The number of nitrogens with zero attached hydrogens (tertiary/aromatic N) is 3. The first-order valence-corrected chi connectivity index (χ1v) is 11.2. The van der Waals surface area contributed by atoms with E-state index in [9.17, 15) is 4.79 Å². The van der Waals surface area contributed by atoms with Crippen molar-refractivity contribution < 1.29 is 13.9 Å². The number of benzene rings is 1. The minimum absolute atomic E-state index is 0.182. The third kappa shape index (κ3) is 4.27. The molecule has 3 aromatic heterocycles. The van der Waals surface area contributed by atoms with Crippen molar-refractivity contribution in [3.8, 4) is 11.3 Å². The SMILES string of the molecule is COC(=O)c1ccc(-c2ccc([C@H]3[C@H](c4ccccn4)NC(=S)N3Cc3ccccn3)o2)cc1. The molecule has 1 saturated heterocycles. The Balaban J connectivity index is 1.49. The number of methoxy groups -OCH3 is 1. The lowest BCUT2D eigenvalue weighted by Crippen LogP contribution is -2.29. The Bertz CT molecular complexity index is 1290. The Kier molecular flexibility index (Phi) is 6.05. The van der Waals surface area contributed by atoms with Gasteiger partial charge >= 0.3 is 5.97 Å². The summed E-state index contributed by atoms with van der Waals surface area (Å²) in [6.07, 6.45) is 3.55. The second kappa shape index (κ2) is 9.44. The van der Waals surface area contributed by atoms with Gasteiger partial charge in [-0.1, -0.05) is 24.3 Å². The summed E-state index contributed by atoms with van der Waals surface area (Å²) in [5.41, 5.74) is 3.13. The molecule has 0 aliphatic carbocycles. The molecule has 1 aliphatic rings. The molecule has 1 fully saturated rings. The van der Waals surface area contributed by atoms with Gasteiger partial charge in [0, 0.05) is 18.0 Å². The number of furan rings is 1. The van der Waals surface area contributed by atoms with Crippen LogP contribution in [0.25, 0.3) is 11.3 Å². The van der Waals surface area contributed by atoms with Crippen molar-refractivity contribution in [2.45, 2.75) is 18.6 Å². The number of pyridine rings is 2. The van der Waals surface area contributed by atoms with Gasteiger partial charge < -0.3 is 19.4 Å². The standard InChI is InChI=1S/C26H22N4O3S/c1-32-25(31)18-10-8-17(9-11-18)21-12-13-22(33-21)24-23(20-7-3-5-15-28-20)29-26(34)30(24)16-19-6-2-4-14-27-19/h2-15,23-24H,16H2,1H3,(H,29,34)/t23-,24-/m0/s1. The van der Waals surface area contributed by atoms with Crippen LogP contribution in [-0.2, 0) is 11.3 Å². The zero-order valence-corrected chi connectivity index (χ0v) is 19.2. The second-order valence-corrected chi connectivity index (χ2v) is 8.23. The largest absolute Gasteiger partial charge is 0.465 e. The van der Waals surface area contributed by atoms with E-state index in [0.29, 0.717) is 23.0 Å². The first-order chi connectivity index (χ1) is 16.6. The van der Waals surface area contributed by atoms with Gasteiger partial charge in [0.05, 0.1) is 36.6 Å². The van der Waals surface area contributed by atoms with Crippen LogP contribution >= 0.6 is 12.2 Å². The van der Waals surface area contributed by atoms with Crippen molar-refractivity contribution in [2.75, 3.05) is 7.11 Å². The lowest BCUT2D eigenvalue weighted by Gasteiger charge is -2.25. The molecule has 7 nitrogen and oxygen atoms in total. The topological polar surface area (TPSA) is 80.5 Å². The van der Waals surface area contributed by atoms with E-state index in [1.54, 1.807) is 24.5 Å². The lowest BCUT2D eigenvalue weighted by molar-refractivity contribution is 0.0600. The summed E-state index contributed by atoms with van der Waals surface area (Å²) in [4.78, 5) is 22.9. The number of rotatable bonds is 6. The van der Waals surface area contributed by atoms with Gasteiger partial charge in [0.15, 0.2) is 5.11 Å². The Labute approximate surface area is 202 Å². The molecule has 1 N–H and O–H groups in total. The number of ether oxygens (including phenoxy) is 1. The molecule has 4 heterocycles. The van der Waals surface area contributed by atoms with Crippen molar-refractivity contribution in [1.82, 2.24) is 20.2 Å². The highest BCUT2D eigenvalue weighted by Crippen LogP contribution is 2.41. The third-order valence-electron chi connectivity index (χ3n) is 5.77. The second-order valence-electron chi connectivity index (χ2n) is 7.85. The molecule has 4 aromatic rings. The number of nitrogens with one attached hydrogen (secondary N) is 1. The minimum atomic E-state index is -0.374. The molecule has 0 amide bonds. The fourth-order valence-electron chi connectivity index (χ4n) is 4.11. The first kappa shape index (κ1) is 21.8. The maximum absolute atomic E-state index is 11.7. The zero-order valence-electron chi connectivity index (χ0n) is 18.4. The van der Waals surface area contributed by atoms with Crippen LogP contribution in [0.2, 0.25) is 0 Å². The van der Waals surface area contributed by atoms with Crippen molar-refractivity contribution in [3.63, 3.8) is 0 Å². The fraction of sp³-hybridized carbons (Fsp3) is 0.154. The highest BCUT2D eigenvalue weighted by Gasteiger charge is 2.41. The molecule has 2 atom stereocenters. The number of carbonyl (C=O) groups is 1. The van der Waals surface area contributed by atoms with Crippen LogP contribution in [0.4, 0.5) is 0 Å². The normalized spacial score (nSPS) is 17.4. The summed E-state index contributed by atoms with van der Waals surface area (Å²) in [6, 6.07) is 22.3. The molecule has 8 heteroatoms. The lowest BCUT2D eigenvalue weighted by atomic mass is 10.0. The maximum Gasteiger partial charge on any atom is 0.337 e. The van der Waals surface area contributed by atoms with Gasteiger partial charge in [0.25, 0.3) is 0 Å². The Hall–Kier alpha value is -4.04. The predicted molar refractivity (Wildman–Crippen MR) is 131 cm³/mol. The molecule has 1 aromatic carbocycles. The van der Waals surface area contributed by atoms with Crippen LogP contribution < -0.4 is 5.32 Å². The number of thiocarbonyl (C=S) groups is 1. The first-order valence-electron chi connectivity index (χ1n) is 10.8. The van der Waals surface area contributed by atoms with E-state index in [-0.39, 0.29) is 18.1 Å². The van der Waals surface area contributed by atoms with Gasteiger partial charge in [-0.25, -0.2) is 4.79 Å². The van der Waals surface area contributed by atoms with Crippen LogP contribution in [0.15, 0.2) is 89.6 Å². The molecule has 5 rings (SSSR count). The summed E-state index contributed by atoms with van der Waals surface area (Å²) in [6.45, 7) is 0.532. The zero-order chi connectivity index (χ0) is 23.5. The Morgan fingerprint density at radius 2 is 1.79 bits per heavy atom. The van der Waals surface area contributed by atoms with Crippen LogP contribution in [-0.4, -0.2) is 33.1 Å². The molecule has 0 unspecified atom stereocenters. The fourth-order valence-corrected chi connectivity index (χ4v) is 4.41. The van der Waals surface area contributed by atoms with Crippen LogP contribution in [0.5, 0.6) is 0 Å². The van der Waals surface area contributed by atoms with Gasteiger partial charge in [0.2, 0.25) is 0 Å². The monoisotopic (exact) mass is 470 g/mol. The van der Waals surface area contributed by atoms with Gasteiger partial charge in [-0.2, -0.15) is 0 Å². The van der Waals surface area contributed by atoms with Gasteiger partial charge in [-0.3, -0.25) is 9.97 Å². The highest BCUT2D eigenvalue weighted by molar-refractivity contribution is 7.80. The predicted octanol–water partition coefficient (Wildman–Crippen LogP) is 4.70. The average Bonchev–Trinajstić information content (AvgIpc) is 3.50. The summed E-state index contributed by atoms with van der Waals surface area (Å²) in [7, 11) is 1.36. The van der Waals surface area contributed by atoms with Gasteiger partial charge in [-0.05, 0) is 60.7 Å². The van der Waals surface area contributed by atoms with Crippen LogP contribution in [0, 0.1) is 0 Å². The molecule has 1 aliphatic heterocycles. The van der Waals surface area contributed by atoms with E-state index in [1.165, 1.54) is 7.11 Å². The molecule has 34 heavy (non-hydrogen) atoms. The number of hydrogen-bond donors (Lipinski definition) is 1. The van der Waals surface area contributed by atoms with E-state index >= 15 is 0 Å². The van der Waals surface area contributed by atoms with Crippen LogP contribution in [0.3, 0.4) is 0 Å². The Morgan fingerprint density at radius 3 is 2.47 bits per heavy atom. The number of esters is 1. The third-order valence-corrected chi connectivity index (χ3v) is 6.12. The van der Waals surface area contributed by atoms with Crippen molar-refractivity contribution in [3.05, 3.63) is 108 Å². The number of hydrogen-bond acceptors (Lipinski definition) is 6. The molecule has 0 spiro atoms. The molecule has 0 radical (unpaired) electrons. The summed E-state index contributed by atoms with van der Waals surface area (Å²) in [5, 5.41) is 4.04. The maximum atomic E-state index is 11.7. The Morgan fingerprint density at radius 1 is 1.03 bits per heavy atom. The van der Waals surface area contributed by atoms with Crippen molar-refractivity contribution in [2.24, 2.45) is 0 Å². The molecule has 0 bridgehead atoms. The number of carbonyl (C=O) groups excluding carboxylic acids is 1. The van der Waals surface area contributed by atoms with Gasteiger partial charge in [0.1, 0.15) is 17.6 Å². The van der Waals surface area contributed by atoms with E-state index in [1.807, 2.05) is 60.7 Å². The highest BCUT2D eigenvalue weighted by atomic mass is 32.1. The van der Waals surface area contributed by atoms with Gasteiger partial charge in [-0.15, -0.1) is 0 Å². The molecular formula is C26H22N4O3S. The smallest absolute Gasteiger partial charge is 0.337 e. The van der Waals surface area contributed by atoms with E-state index in [0.717, 1.165) is 22.7 Å². The average molecular weight is 471 g/mol.